The number of fused-ring (bicyclic) bond motifs is 1. The van der Waals surface area contributed by atoms with E-state index in [4.69, 9.17) is 9.97 Å². The van der Waals surface area contributed by atoms with Gasteiger partial charge in [-0.2, -0.15) is 10.1 Å². The molecule has 2 aliphatic carbocycles. The zero-order chi connectivity index (χ0) is 32.2. The summed E-state index contributed by atoms with van der Waals surface area (Å²) in [5.74, 6) is 1.47. The Morgan fingerprint density at radius 3 is 2.59 bits per heavy atom. The Labute approximate surface area is 272 Å². The Balaban J connectivity index is 1.33. The first kappa shape index (κ1) is 32.4. The fourth-order valence-electron chi connectivity index (χ4n) is 8.15. The molecule has 0 spiro atoms. The van der Waals surface area contributed by atoms with Gasteiger partial charge in [-0.1, -0.05) is 37.3 Å². The molecule has 4 atom stereocenters. The van der Waals surface area contributed by atoms with E-state index in [9.17, 15) is 14.3 Å². The third-order valence-electron chi connectivity index (χ3n) is 10.8. The maximum atomic E-state index is 14.5. The number of carboxylic acids is 1. The van der Waals surface area contributed by atoms with Crippen LogP contribution in [0.25, 0.3) is 0 Å². The number of aromatic nitrogens is 4. The molecule has 1 saturated heterocycles. The number of nitrogens with one attached hydrogen (secondary N) is 1. The molecule has 3 aromatic rings. The molecule has 0 radical (unpaired) electrons. The Morgan fingerprint density at radius 1 is 1.13 bits per heavy atom. The number of halogens is 1. The first-order valence-corrected chi connectivity index (χ1v) is 17.3. The SMILES string of the molecule is CC[C@H](C1CCC(C(=O)O)CC1)N(C)c1nc2c(c(N[C@@H](CN3CCCC(F)C3)c3cnn(C)c3)n1)C[C@H](c1ccccc1)CC2. The van der Waals surface area contributed by atoms with E-state index in [0.717, 1.165) is 87.4 Å². The number of aliphatic carboxylic acids is 1. The van der Waals surface area contributed by atoms with Gasteiger partial charge in [-0.25, -0.2) is 9.37 Å². The molecule has 1 aliphatic heterocycles. The van der Waals surface area contributed by atoms with E-state index < -0.39 is 12.1 Å². The van der Waals surface area contributed by atoms with E-state index in [1.165, 1.54) is 11.1 Å². The number of carbonyl (C=O) groups is 1. The Hall–Kier alpha value is -3.53. The maximum absolute atomic E-state index is 14.5. The summed E-state index contributed by atoms with van der Waals surface area (Å²) in [5, 5.41) is 17.9. The van der Waals surface area contributed by atoms with Gasteiger partial charge in [0, 0.05) is 50.6 Å². The Bertz CT molecular complexity index is 1460. The number of nitrogens with zero attached hydrogens (tertiary/aromatic N) is 6. The molecule has 0 amide bonds. The monoisotopic (exact) mass is 631 g/mol. The number of piperidine rings is 1. The lowest BCUT2D eigenvalue weighted by molar-refractivity contribution is -0.143. The average molecular weight is 632 g/mol. The van der Waals surface area contributed by atoms with Gasteiger partial charge in [0.1, 0.15) is 12.0 Å². The van der Waals surface area contributed by atoms with Crippen molar-refractivity contribution < 1.29 is 14.3 Å². The van der Waals surface area contributed by atoms with Crippen LogP contribution >= 0.6 is 0 Å². The molecule has 10 heteroatoms. The summed E-state index contributed by atoms with van der Waals surface area (Å²) in [7, 11) is 4.03. The highest BCUT2D eigenvalue weighted by atomic mass is 19.1. The molecule has 2 N–H and O–H groups in total. The standard InChI is InChI=1S/C36H50FN7O2/c1-4-33(25-12-14-26(15-13-25)35(45)46)43(3)36-40-31-17-16-27(24-9-6-5-7-10-24)19-30(31)34(41-36)39-32(28-20-38-42(2)21-28)23-44-18-8-11-29(37)22-44/h5-7,9-10,20-21,25-27,29,32-33H,4,8,11-19,22-23H2,1-3H3,(H,45,46)(H,39,40,41)/t25?,26?,27-,29?,32+,33-/m1/s1. The third-order valence-corrected chi connectivity index (χ3v) is 10.8. The van der Waals surface area contributed by atoms with Crippen LogP contribution in [-0.4, -0.2) is 74.6 Å². The molecular formula is C36H50FN7O2. The van der Waals surface area contributed by atoms with Gasteiger partial charge >= 0.3 is 5.97 Å². The highest BCUT2D eigenvalue weighted by molar-refractivity contribution is 5.70. The van der Waals surface area contributed by atoms with E-state index in [0.29, 0.717) is 31.3 Å². The number of anilines is 2. The van der Waals surface area contributed by atoms with E-state index in [1.54, 1.807) is 0 Å². The van der Waals surface area contributed by atoms with E-state index in [1.807, 2.05) is 24.1 Å². The van der Waals surface area contributed by atoms with Crippen LogP contribution in [0.2, 0.25) is 0 Å². The fraction of sp³-hybridized carbons (Fsp3) is 0.611. The molecule has 6 rings (SSSR count). The number of aryl methyl sites for hydroxylation is 2. The molecule has 2 aromatic heterocycles. The van der Waals surface area contributed by atoms with Gasteiger partial charge in [0.05, 0.1) is 23.9 Å². The van der Waals surface area contributed by atoms with Gasteiger partial charge in [0.15, 0.2) is 0 Å². The lowest BCUT2D eigenvalue weighted by atomic mass is 9.77. The number of hydrogen-bond acceptors (Lipinski definition) is 7. The second-order valence-corrected chi connectivity index (χ2v) is 13.8. The molecule has 46 heavy (non-hydrogen) atoms. The van der Waals surface area contributed by atoms with Crippen molar-refractivity contribution >= 4 is 17.7 Å². The van der Waals surface area contributed by atoms with Crippen molar-refractivity contribution in [2.75, 3.05) is 36.9 Å². The first-order chi connectivity index (χ1) is 22.3. The molecule has 3 aliphatic rings. The molecule has 1 aromatic carbocycles. The minimum Gasteiger partial charge on any atom is -0.481 e. The lowest BCUT2D eigenvalue weighted by Gasteiger charge is -2.38. The minimum atomic E-state index is -0.793. The van der Waals surface area contributed by atoms with E-state index >= 15 is 0 Å². The number of benzene rings is 1. The van der Waals surface area contributed by atoms with Crippen molar-refractivity contribution in [1.29, 1.82) is 0 Å². The zero-order valence-electron chi connectivity index (χ0n) is 27.6. The van der Waals surface area contributed by atoms with Gasteiger partial charge < -0.3 is 15.3 Å². The van der Waals surface area contributed by atoms with Gasteiger partial charge in [-0.05, 0) is 88.2 Å². The normalized spacial score (nSPS) is 25.0. The van der Waals surface area contributed by atoms with Crippen molar-refractivity contribution in [2.24, 2.45) is 18.9 Å². The number of hydrogen-bond donors (Lipinski definition) is 2. The summed E-state index contributed by atoms with van der Waals surface area (Å²) in [5.41, 5.74) is 4.67. The largest absolute Gasteiger partial charge is 0.481 e. The third kappa shape index (κ3) is 7.37. The summed E-state index contributed by atoms with van der Waals surface area (Å²) in [4.78, 5) is 26.6. The van der Waals surface area contributed by atoms with E-state index in [-0.39, 0.29) is 18.0 Å². The predicted octanol–water partition coefficient (Wildman–Crippen LogP) is 6.18. The fourth-order valence-corrected chi connectivity index (χ4v) is 8.15. The van der Waals surface area contributed by atoms with Crippen LogP contribution < -0.4 is 10.2 Å². The van der Waals surface area contributed by atoms with Gasteiger partial charge in [-0.15, -0.1) is 0 Å². The smallest absolute Gasteiger partial charge is 0.306 e. The van der Waals surface area contributed by atoms with Crippen LogP contribution in [0.15, 0.2) is 42.7 Å². The predicted molar refractivity (Wildman–Crippen MR) is 179 cm³/mol. The maximum Gasteiger partial charge on any atom is 0.306 e. The van der Waals surface area contributed by atoms with Crippen LogP contribution in [0.4, 0.5) is 16.2 Å². The zero-order valence-corrected chi connectivity index (χ0v) is 27.6. The molecular weight excluding hydrogens is 581 g/mol. The molecule has 1 unspecified atom stereocenters. The lowest BCUT2D eigenvalue weighted by Crippen LogP contribution is -2.41. The van der Waals surface area contributed by atoms with Crippen LogP contribution in [0.1, 0.15) is 92.6 Å². The summed E-state index contributed by atoms with van der Waals surface area (Å²) in [6, 6.07) is 10.9. The van der Waals surface area contributed by atoms with Gasteiger partial charge in [0.25, 0.3) is 0 Å². The summed E-state index contributed by atoms with van der Waals surface area (Å²) >= 11 is 0. The summed E-state index contributed by atoms with van der Waals surface area (Å²) in [6.45, 7) is 4.21. The summed E-state index contributed by atoms with van der Waals surface area (Å²) in [6.07, 6.45) is 11.6. The molecule has 9 nitrogen and oxygen atoms in total. The van der Waals surface area contributed by atoms with Crippen molar-refractivity contribution in [3.63, 3.8) is 0 Å². The molecule has 1 saturated carbocycles. The molecule has 248 valence electrons. The Kier molecular flexibility index (Phi) is 10.2. The minimum absolute atomic E-state index is 0.110. The van der Waals surface area contributed by atoms with Crippen LogP contribution in [0.5, 0.6) is 0 Å². The Morgan fingerprint density at radius 2 is 1.91 bits per heavy atom. The number of rotatable bonds is 11. The second-order valence-electron chi connectivity index (χ2n) is 13.8. The topological polar surface area (TPSA) is 99.4 Å². The van der Waals surface area contributed by atoms with Crippen molar-refractivity contribution in [3.8, 4) is 0 Å². The second kappa shape index (κ2) is 14.5. The van der Waals surface area contributed by atoms with Crippen LogP contribution in [0.3, 0.4) is 0 Å². The van der Waals surface area contributed by atoms with Crippen molar-refractivity contribution in [2.45, 2.75) is 95.3 Å². The molecule has 2 fully saturated rings. The highest BCUT2D eigenvalue weighted by Crippen LogP contribution is 2.39. The quantitative estimate of drug-likeness (QED) is 0.259. The van der Waals surface area contributed by atoms with Crippen molar-refractivity contribution in [1.82, 2.24) is 24.6 Å². The highest BCUT2D eigenvalue weighted by Gasteiger charge is 2.34. The van der Waals surface area contributed by atoms with Crippen LogP contribution in [-0.2, 0) is 24.7 Å². The van der Waals surface area contributed by atoms with Crippen molar-refractivity contribution in [3.05, 3.63) is 65.1 Å². The molecule has 3 heterocycles. The van der Waals surface area contributed by atoms with E-state index in [2.05, 4.69) is 64.5 Å². The van der Waals surface area contributed by atoms with Gasteiger partial charge in [-0.3, -0.25) is 14.4 Å². The average Bonchev–Trinajstić information content (AvgIpc) is 3.51. The molecule has 0 bridgehead atoms. The number of likely N-dealkylation sites (tertiary alicyclic amines) is 1. The number of alkyl halides is 1. The van der Waals surface area contributed by atoms with Crippen LogP contribution in [0, 0.1) is 11.8 Å². The first-order valence-electron chi connectivity index (χ1n) is 17.3. The number of carboxylic acid groups (broad SMARTS) is 1. The summed E-state index contributed by atoms with van der Waals surface area (Å²) < 4.78 is 16.3. The van der Waals surface area contributed by atoms with Gasteiger partial charge in [0.2, 0.25) is 5.95 Å².